The van der Waals surface area contributed by atoms with E-state index >= 15 is 0 Å². The van der Waals surface area contributed by atoms with Gasteiger partial charge in [-0.05, 0) is 26.2 Å². The highest BCUT2D eigenvalue weighted by atomic mass is 16.3. The Balaban J connectivity index is 2.50. The minimum atomic E-state index is -0.822. The molecule has 0 radical (unpaired) electrons. The number of nitrogens with one attached hydrogen (secondary N) is 1. The van der Waals surface area contributed by atoms with Crippen LogP contribution in [0.3, 0.4) is 0 Å². The van der Waals surface area contributed by atoms with Gasteiger partial charge in [0.05, 0.1) is 17.7 Å². The Kier molecular flexibility index (Phi) is 4.11. The topological polar surface area (TPSA) is 75.4 Å². The lowest BCUT2D eigenvalue weighted by Crippen LogP contribution is -2.56. The quantitative estimate of drug-likeness (QED) is 0.641. The molecule has 0 saturated heterocycles. The normalized spacial score (nSPS) is 30.7. The maximum absolute atomic E-state index is 11.8. The summed E-state index contributed by atoms with van der Waals surface area (Å²) >= 11 is 0. The third-order valence-corrected chi connectivity index (χ3v) is 3.30. The van der Waals surface area contributed by atoms with E-state index in [2.05, 4.69) is 5.32 Å². The first-order valence-electron chi connectivity index (χ1n) is 5.75. The van der Waals surface area contributed by atoms with Gasteiger partial charge < -0.3 is 16.2 Å². The van der Waals surface area contributed by atoms with Crippen LogP contribution in [0.2, 0.25) is 0 Å². The molecule has 3 unspecified atom stereocenters. The number of aliphatic hydroxyl groups is 1. The average molecular weight is 214 g/mol. The van der Waals surface area contributed by atoms with E-state index in [1.807, 2.05) is 6.92 Å². The fraction of sp³-hybridized carbons (Fsp3) is 0.909. The summed E-state index contributed by atoms with van der Waals surface area (Å²) in [6.45, 7) is 3.61. The van der Waals surface area contributed by atoms with Crippen LogP contribution in [0, 0.1) is 0 Å². The summed E-state index contributed by atoms with van der Waals surface area (Å²) in [6.07, 6.45) is 3.93. The van der Waals surface area contributed by atoms with Gasteiger partial charge in [-0.15, -0.1) is 0 Å². The molecule has 3 atom stereocenters. The van der Waals surface area contributed by atoms with Crippen LogP contribution < -0.4 is 11.1 Å². The van der Waals surface area contributed by atoms with Crippen LogP contribution in [0.25, 0.3) is 0 Å². The van der Waals surface area contributed by atoms with Crippen LogP contribution >= 0.6 is 0 Å². The average Bonchev–Trinajstić information content (AvgIpc) is 2.21. The molecule has 1 fully saturated rings. The van der Waals surface area contributed by atoms with E-state index in [-0.39, 0.29) is 11.9 Å². The molecular formula is C11H22N2O2. The summed E-state index contributed by atoms with van der Waals surface area (Å²) in [5.74, 6) is -0.157. The number of rotatable bonds is 3. The Morgan fingerprint density at radius 2 is 2.13 bits per heavy atom. The van der Waals surface area contributed by atoms with Gasteiger partial charge in [-0.25, -0.2) is 0 Å². The van der Waals surface area contributed by atoms with Crippen molar-refractivity contribution in [2.24, 2.45) is 5.73 Å². The van der Waals surface area contributed by atoms with Crippen LogP contribution in [-0.2, 0) is 4.79 Å². The Hall–Kier alpha value is -0.610. The van der Waals surface area contributed by atoms with Gasteiger partial charge in [0.15, 0.2) is 0 Å². The molecule has 1 rings (SSSR count). The van der Waals surface area contributed by atoms with E-state index in [0.29, 0.717) is 6.42 Å². The standard InChI is InChI=1S/C11H22N2O2/c1-3-11(2,12)10(15)13-8-6-4-5-7-9(8)14/h8-9,14H,3-7,12H2,1-2H3,(H,13,15). The van der Waals surface area contributed by atoms with Crippen LogP contribution in [0.4, 0.5) is 0 Å². The molecule has 1 amide bonds. The van der Waals surface area contributed by atoms with Gasteiger partial charge >= 0.3 is 0 Å². The highest BCUT2D eigenvalue weighted by Crippen LogP contribution is 2.19. The number of carbonyl (C=O) groups is 1. The van der Waals surface area contributed by atoms with Crippen molar-refractivity contribution in [1.29, 1.82) is 0 Å². The van der Waals surface area contributed by atoms with Gasteiger partial charge in [0.1, 0.15) is 0 Å². The third kappa shape index (κ3) is 3.18. The smallest absolute Gasteiger partial charge is 0.240 e. The van der Waals surface area contributed by atoms with Crippen LogP contribution in [-0.4, -0.2) is 28.7 Å². The van der Waals surface area contributed by atoms with Crippen molar-refractivity contribution in [3.05, 3.63) is 0 Å². The Labute approximate surface area is 91.2 Å². The SMILES string of the molecule is CCC(C)(N)C(=O)NC1CCCCC1O. The summed E-state index contributed by atoms with van der Waals surface area (Å²) in [5, 5.41) is 12.5. The molecule has 0 heterocycles. The maximum atomic E-state index is 11.8. The Morgan fingerprint density at radius 3 is 2.67 bits per heavy atom. The summed E-state index contributed by atoms with van der Waals surface area (Å²) in [7, 11) is 0. The first kappa shape index (κ1) is 12.5. The van der Waals surface area contributed by atoms with E-state index in [0.717, 1.165) is 25.7 Å². The lowest BCUT2D eigenvalue weighted by molar-refractivity contribution is -0.127. The van der Waals surface area contributed by atoms with E-state index < -0.39 is 11.6 Å². The van der Waals surface area contributed by atoms with Crippen molar-refractivity contribution >= 4 is 5.91 Å². The first-order chi connectivity index (χ1) is 6.97. The lowest BCUT2D eigenvalue weighted by Gasteiger charge is -2.31. The number of hydrogen-bond donors (Lipinski definition) is 3. The Morgan fingerprint density at radius 1 is 1.53 bits per heavy atom. The maximum Gasteiger partial charge on any atom is 0.240 e. The van der Waals surface area contributed by atoms with Crippen molar-refractivity contribution in [3.8, 4) is 0 Å². The lowest BCUT2D eigenvalue weighted by atomic mass is 9.91. The van der Waals surface area contributed by atoms with Gasteiger partial charge in [0.25, 0.3) is 0 Å². The van der Waals surface area contributed by atoms with Crippen molar-refractivity contribution in [1.82, 2.24) is 5.32 Å². The molecule has 0 bridgehead atoms. The molecule has 88 valence electrons. The van der Waals surface area contributed by atoms with Crippen LogP contribution in [0.15, 0.2) is 0 Å². The summed E-state index contributed by atoms with van der Waals surface area (Å²) < 4.78 is 0. The molecule has 1 aliphatic carbocycles. The molecule has 0 aliphatic heterocycles. The highest BCUT2D eigenvalue weighted by molar-refractivity contribution is 5.85. The second-order valence-corrected chi connectivity index (χ2v) is 4.70. The Bertz CT molecular complexity index is 229. The van der Waals surface area contributed by atoms with Gasteiger partial charge in [0.2, 0.25) is 5.91 Å². The van der Waals surface area contributed by atoms with Crippen LogP contribution in [0.5, 0.6) is 0 Å². The second kappa shape index (κ2) is 4.94. The van der Waals surface area contributed by atoms with Crippen molar-refractivity contribution in [3.63, 3.8) is 0 Å². The summed E-state index contributed by atoms with van der Waals surface area (Å²) in [5.41, 5.74) is 5.01. The molecular weight excluding hydrogens is 192 g/mol. The second-order valence-electron chi connectivity index (χ2n) is 4.70. The molecule has 0 spiro atoms. The van der Waals surface area contributed by atoms with E-state index in [1.54, 1.807) is 6.92 Å². The molecule has 0 aromatic heterocycles. The molecule has 4 nitrogen and oxygen atoms in total. The number of nitrogens with two attached hydrogens (primary N) is 1. The predicted molar refractivity (Wildman–Crippen MR) is 59.3 cm³/mol. The van der Waals surface area contributed by atoms with Crippen molar-refractivity contribution in [2.45, 2.75) is 63.6 Å². The summed E-state index contributed by atoms with van der Waals surface area (Å²) in [6, 6.07) is -0.110. The van der Waals surface area contributed by atoms with Crippen molar-refractivity contribution in [2.75, 3.05) is 0 Å². The van der Waals surface area contributed by atoms with Crippen LogP contribution in [0.1, 0.15) is 46.0 Å². The van der Waals surface area contributed by atoms with Gasteiger partial charge in [-0.1, -0.05) is 19.8 Å². The van der Waals surface area contributed by atoms with E-state index in [4.69, 9.17) is 5.73 Å². The van der Waals surface area contributed by atoms with Gasteiger partial charge in [0, 0.05) is 0 Å². The molecule has 0 aromatic carbocycles. The summed E-state index contributed by atoms with van der Waals surface area (Å²) in [4.78, 5) is 11.8. The number of hydrogen-bond acceptors (Lipinski definition) is 3. The number of amides is 1. The van der Waals surface area contributed by atoms with Crippen molar-refractivity contribution < 1.29 is 9.90 Å². The zero-order valence-electron chi connectivity index (χ0n) is 9.62. The molecule has 4 heteroatoms. The van der Waals surface area contributed by atoms with E-state index in [9.17, 15) is 9.90 Å². The predicted octanol–water partition coefficient (Wildman–Crippen LogP) is 0.533. The molecule has 1 saturated carbocycles. The monoisotopic (exact) mass is 214 g/mol. The fourth-order valence-electron chi connectivity index (χ4n) is 1.77. The third-order valence-electron chi connectivity index (χ3n) is 3.30. The minimum absolute atomic E-state index is 0.110. The first-order valence-corrected chi connectivity index (χ1v) is 5.75. The molecule has 4 N–H and O–H groups in total. The molecule has 0 aromatic rings. The zero-order chi connectivity index (χ0) is 11.5. The molecule has 1 aliphatic rings. The largest absolute Gasteiger partial charge is 0.391 e. The van der Waals surface area contributed by atoms with E-state index in [1.165, 1.54) is 0 Å². The minimum Gasteiger partial charge on any atom is -0.391 e. The number of aliphatic hydroxyl groups excluding tert-OH is 1. The number of carbonyl (C=O) groups excluding carboxylic acids is 1. The van der Waals surface area contributed by atoms with Gasteiger partial charge in [-0.2, -0.15) is 0 Å². The van der Waals surface area contributed by atoms with Gasteiger partial charge in [-0.3, -0.25) is 4.79 Å². The molecule has 15 heavy (non-hydrogen) atoms. The zero-order valence-corrected chi connectivity index (χ0v) is 9.62. The highest BCUT2D eigenvalue weighted by Gasteiger charge is 2.31. The fourth-order valence-corrected chi connectivity index (χ4v) is 1.77.